The van der Waals surface area contributed by atoms with Gasteiger partial charge in [0.1, 0.15) is 17.6 Å². The molecular weight excluding hydrogens is 447 g/mol. The maximum absolute atomic E-state index is 11.9. The molecule has 0 saturated carbocycles. The van der Waals surface area contributed by atoms with E-state index in [1.165, 1.54) is 12.1 Å². The van der Waals surface area contributed by atoms with Crippen LogP contribution in [0.4, 0.5) is 0 Å². The number of benzene rings is 4. The van der Waals surface area contributed by atoms with Gasteiger partial charge >= 0.3 is 0 Å². The van der Waals surface area contributed by atoms with Gasteiger partial charge < -0.3 is 15.3 Å². The maximum atomic E-state index is 11.9. The van der Waals surface area contributed by atoms with Gasteiger partial charge in [-0.1, -0.05) is 47.5 Å². The molecular formula is C26H20Cl2O4. The van der Waals surface area contributed by atoms with Crippen LogP contribution < -0.4 is 0 Å². The Hall–Kier alpha value is -3.31. The van der Waals surface area contributed by atoms with Crippen LogP contribution in [0.2, 0.25) is 10.0 Å². The molecule has 0 aliphatic carbocycles. The minimum absolute atomic E-state index is 0.0864. The van der Waals surface area contributed by atoms with E-state index >= 15 is 0 Å². The molecule has 0 spiro atoms. The highest BCUT2D eigenvalue weighted by atomic mass is 35.5. The van der Waals surface area contributed by atoms with E-state index in [2.05, 4.69) is 0 Å². The van der Waals surface area contributed by atoms with Crippen molar-refractivity contribution in [3.63, 3.8) is 0 Å². The molecule has 0 fully saturated rings. The molecule has 162 valence electrons. The monoisotopic (exact) mass is 466 g/mol. The molecule has 4 nitrogen and oxygen atoms in total. The smallest absolute Gasteiger partial charge is 0.193 e. The molecule has 0 radical (unpaired) electrons. The predicted octanol–water partition coefficient (Wildman–Crippen LogP) is 6.40. The SMILES string of the molecule is O=C(c1ccc(O)cc1)c1ccc(Cl)cc1.Oc1ccc(C(O)c2ccc(Cl)cc2)cc1. The van der Waals surface area contributed by atoms with Crippen LogP contribution in [0.1, 0.15) is 33.2 Å². The molecule has 4 rings (SSSR count). The minimum Gasteiger partial charge on any atom is -0.508 e. The molecule has 0 aliphatic rings. The minimum atomic E-state index is -0.696. The van der Waals surface area contributed by atoms with Crippen LogP contribution in [-0.2, 0) is 0 Å². The van der Waals surface area contributed by atoms with E-state index in [0.717, 1.165) is 11.1 Å². The second-order valence-corrected chi connectivity index (χ2v) is 7.80. The Balaban J connectivity index is 0.000000181. The molecule has 32 heavy (non-hydrogen) atoms. The van der Waals surface area contributed by atoms with Crippen LogP contribution in [0.15, 0.2) is 97.1 Å². The number of rotatable bonds is 4. The lowest BCUT2D eigenvalue weighted by Gasteiger charge is -2.11. The average Bonchev–Trinajstić information content (AvgIpc) is 2.81. The van der Waals surface area contributed by atoms with Crippen molar-refractivity contribution in [2.75, 3.05) is 0 Å². The Morgan fingerprint density at radius 2 is 0.875 bits per heavy atom. The van der Waals surface area contributed by atoms with Gasteiger partial charge in [-0.3, -0.25) is 4.79 Å². The van der Waals surface area contributed by atoms with E-state index < -0.39 is 6.10 Å². The molecule has 4 aromatic carbocycles. The van der Waals surface area contributed by atoms with Crippen LogP contribution >= 0.6 is 23.2 Å². The summed E-state index contributed by atoms with van der Waals surface area (Å²) in [5, 5.41) is 29.6. The normalized spacial score (nSPS) is 11.2. The molecule has 0 saturated heterocycles. The van der Waals surface area contributed by atoms with Crippen molar-refractivity contribution >= 4 is 29.0 Å². The topological polar surface area (TPSA) is 77.8 Å². The lowest BCUT2D eigenvalue weighted by Crippen LogP contribution is -2.00. The standard InChI is InChI=1S/C13H11ClO2.C13H9ClO2/c2*14-11-5-1-9(2-6-11)13(16)10-3-7-12(15)8-4-10/h1-8,13,15-16H;1-8,15H. The summed E-state index contributed by atoms with van der Waals surface area (Å²) < 4.78 is 0. The van der Waals surface area contributed by atoms with E-state index in [-0.39, 0.29) is 17.3 Å². The number of hydrogen-bond acceptors (Lipinski definition) is 4. The van der Waals surface area contributed by atoms with Crippen LogP contribution in [0, 0.1) is 0 Å². The summed E-state index contributed by atoms with van der Waals surface area (Å²) in [5.41, 5.74) is 2.63. The number of phenols is 2. The summed E-state index contributed by atoms with van der Waals surface area (Å²) in [6, 6.07) is 26.4. The Morgan fingerprint density at radius 1 is 0.562 bits per heavy atom. The Morgan fingerprint density at radius 3 is 1.31 bits per heavy atom. The maximum Gasteiger partial charge on any atom is 0.193 e. The fourth-order valence-electron chi connectivity index (χ4n) is 2.87. The fraction of sp³-hybridized carbons (Fsp3) is 0.0385. The van der Waals surface area contributed by atoms with Crippen LogP contribution in [-0.4, -0.2) is 21.1 Å². The van der Waals surface area contributed by atoms with Gasteiger partial charge in [-0.15, -0.1) is 0 Å². The quantitative estimate of drug-likeness (QED) is 0.304. The molecule has 3 N–H and O–H groups in total. The van der Waals surface area contributed by atoms with Crippen molar-refractivity contribution in [2.45, 2.75) is 6.10 Å². The van der Waals surface area contributed by atoms with Gasteiger partial charge in [-0.05, 0) is 83.9 Å². The molecule has 0 amide bonds. The summed E-state index contributed by atoms with van der Waals surface area (Å²) in [6.45, 7) is 0. The second kappa shape index (κ2) is 10.8. The second-order valence-electron chi connectivity index (χ2n) is 6.93. The first kappa shape index (κ1) is 23.4. The summed E-state index contributed by atoms with van der Waals surface area (Å²) in [7, 11) is 0. The van der Waals surface area contributed by atoms with Gasteiger partial charge in [0.2, 0.25) is 0 Å². The van der Waals surface area contributed by atoms with Gasteiger partial charge in [-0.25, -0.2) is 0 Å². The third-order valence-electron chi connectivity index (χ3n) is 4.63. The largest absolute Gasteiger partial charge is 0.508 e. The summed E-state index contributed by atoms with van der Waals surface area (Å²) in [4.78, 5) is 11.9. The van der Waals surface area contributed by atoms with Crippen molar-refractivity contribution in [3.8, 4) is 11.5 Å². The number of halogens is 2. The molecule has 0 bridgehead atoms. The molecule has 0 aliphatic heterocycles. The number of phenolic OH excluding ortho intramolecular Hbond substituents is 2. The number of aliphatic hydroxyl groups is 1. The zero-order valence-corrected chi connectivity index (χ0v) is 18.3. The van der Waals surface area contributed by atoms with E-state index in [0.29, 0.717) is 21.2 Å². The van der Waals surface area contributed by atoms with E-state index in [9.17, 15) is 9.90 Å². The number of ketones is 1. The fourth-order valence-corrected chi connectivity index (χ4v) is 3.13. The van der Waals surface area contributed by atoms with E-state index in [1.807, 2.05) is 0 Å². The van der Waals surface area contributed by atoms with Crippen LogP contribution in [0.5, 0.6) is 11.5 Å². The van der Waals surface area contributed by atoms with Gasteiger partial charge in [0.05, 0.1) is 0 Å². The van der Waals surface area contributed by atoms with Gasteiger partial charge in [-0.2, -0.15) is 0 Å². The number of aromatic hydroxyl groups is 2. The lowest BCUT2D eigenvalue weighted by molar-refractivity contribution is 0.103. The molecule has 4 aromatic rings. The van der Waals surface area contributed by atoms with Gasteiger partial charge in [0, 0.05) is 21.2 Å². The lowest BCUT2D eigenvalue weighted by atomic mass is 10.0. The van der Waals surface area contributed by atoms with E-state index in [4.69, 9.17) is 33.4 Å². The molecule has 6 heteroatoms. The number of carbonyl (C=O) groups is 1. The molecule has 1 unspecified atom stereocenters. The van der Waals surface area contributed by atoms with Crippen molar-refractivity contribution in [3.05, 3.63) is 129 Å². The Labute approximate surface area is 195 Å². The highest BCUT2D eigenvalue weighted by Crippen LogP contribution is 2.24. The van der Waals surface area contributed by atoms with Gasteiger partial charge in [0.15, 0.2) is 5.78 Å². The Kier molecular flexibility index (Phi) is 7.90. The van der Waals surface area contributed by atoms with Gasteiger partial charge in [0.25, 0.3) is 0 Å². The third kappa shape index (κ3) is 6.34. The average molecular weight is 467 g/mol. The first-order valence-corrected chi connectivity index (χ1v) is 10.4. The Bertz CT molecular complexity index is 1060. The van der Waals surface area contributed by atoms with E-state index in [1.54, 1.807) is 84.9 Å². The highest BCUT2D eigenvalue weighted by Gasteiger charge is 2.10. The third-order valence-corrected chi connectivity index (χ3v) is 5.13. The predicted molar refractivity (Wildman–Crippen MR) is 127 cm³/mol. The highest BCUT2D eigenvalue weighted by molar-refractivity contribution is 6.31. The summed E-state index contributed by atoms with van der Waals surface area (Å²) in [5.74, 6) is 0.247. The summed E-state index contributed by atoms with van der Waals surface area (Å²) >= 11 is 11.5. The van der Waals surface area contributed by atoms with Crippen molar-refractivity contribution in [2.24, 2.45) is 0 Å². The van der Waals surface area contributed by atoms with Crippen molar-refractivity contribution in [1.29, 1.82) is 0 Å². The zero-order valence-electron chi connectivity index (χ0n) is 16.8. The summed E-state index contributed by atoms with van der Waals surface area (Å²) in [6.07, 6.45) is -0.696. The van der Waals surface area contributed by atoms with Crippen LogP contribution in [0.3, 0.4) is 0 Å². The number of carbonyl (C=O) groups excluding carboxylic acids is 1. The van der Waals surface area contributed by atoms with Crippen molar-refractivity contribution < 1.29 is 20.1 Å². The first-order chi connectivity index (χ1) is 15.3. The number of hydrogen-bond donors (Lipinski definition) is 3. The molecule has 0 aromatic heterocycles. The number of aliphatic hydroxyl groups excluding tert-OH is 1. The molecule has 0 heterocycles. The molecule has 1 atom stereocenters. The zero-order chi connectivity index (χ0) is 23.1. The van der Waals surface area contributed by atoms with Crippen LogP contribution in [0.25, 0.3) is 0 Å². The first-order valence-electron chi connectivity index (χ1n) is 9.65. The van der Waals surface area contributed by atoms with Crippen molar-refractivity contribution in [1.82, 2.24) is 0 Å².